The third-order valence-corrected chi connectivity index (χ3v) is 4.66. The number of nitrogens with zero attached hydrogens (tertiary/aromatic N) is 1. The summed E-state index contributed by atoms with van der Waals surface area (Å²) in [4.78, 5) is 2.68. The zero-order chi connectivity index (χ0) is 14.5. The fourth-order valence-corrected chi connectivity index (χ4v) is 2.94. The largest absolute Gasteiger partial charge is 0.330 e. The second-order valence-corrected chi connectivity index (χ2v) is 7.81. The Kier molecular flexibility index (Phi) is 6.82. The molecule has 19 heavy (non-hydrogen) atoms. The van der Waals surface area contributed by atoms with Crippen LogP contribution in [0.5, 0.6) is 0 Å². The normalized spacial score (nSPS) is 18.3. The maximum Gasteiger partial charge on any atom is 0.00387 e. The van der Waals surface area contributed by atoms with E-state index in [1.807, 2.05) is 0 Å². The summed E-state index contributed by atoms with van der Waals surface area (Å²) < 4.78 is 0. The van der Waals surface area contributed by atoms with E-state index < -0.39 is 0 Å². The zero-order valence-corrected chi connectivity index (χ0v) is 13.9. The van der Waals surface area contributed by atoms with Crippen molar-refractivity contribution in [3.05, 3.63) is 0 Å². The van der Waals surface area contributed by atoms with Crippen molar-refractivity contribution in [1.29, 1.82) is 0 Å². The van der Waals surface area contributed by atoms with E-state index >= 15 is 0 Å². The molecule has 1 fully saturated rings. The molecule has 1 unspecified atom stereocenters. The van der Waals surface area contributed by atoms with Crippen molar-refractivity contribution in [2.75, 3.05) is 19.6 Å². The summed E-state index contributed by atoms with van der Waals surface area (Å²) in [5.41, 5.74) is 6.17. The zero-order valence-electron chi connectivity index (χ0n) is 13.9. The average Bonchev–Trinajstić information content (AvgIpc) is 3.08. The topological polar surface area (TPSA) is 29.3 Å². The van der Waals surface area contributed by atoms with Gasteiger partial charge in [-0.1, -0.05) is 20.8 Å². The Bertz CT molecular complexity index is 238. The second kappa shape index (κ2) is 7.64. The number of nitrogens with two attached hydrogens (primary N) is 1. The lowest BCUT2D eigenvalue weighted by atomic mass is 9.76. The Morgan fingerprint density at radius 1 is 1.16 bits per heavy atom. The number of hydrogen-bond donors (Lipinski definition) is 1. The Hall–Kier alpha value is -0.0800. The van der Waals surface area contributed by atoms with Crippen LogP contribution in [-0.4, -0.2) is 30.6 Å². The summed E-state index contributed by atoms with van der Waals surface area (Å²) in [5.74, 6) is 1.78. The molecule has 0 spiro atoms. The first-order valence-electron chi connectivity index (χ1n) is 8.28. The van der Waals surface area contributed by atoms with Gasteiger partial charge in [-0.2, -0.15) is 0 Å². The van der Waals surface area contributed by atoms with Gasteiger partial charge in [0.25, 0.3) is 0 Å². The molecule has 1 saturated carbocycles. The van der Waals surface area contributed by atoms with E-state index in [9.17, 15) is 0 Å². The highest BCUT2D eigenvalue weighted by atomic mass is 15.1. The highest BCUT2D eigenvalue weighted by Crippen LogP contribution is 2.33. The highest BCUT2D eigenvalue weighted by molar-refractivity contribution is 4.80. The van der Waals surface area contributed by atoms with E-state index in [4.69, 9.17) is 5.73 Å². The molecule has 0 saturated heterocycles. The van der Waals surface area contributed by atoms with Gasteiger partial charge < -0.3 is 10.6 Å². The summed E-state index contributed by atoms with van der Waals surface area (Å²) in [5, 5.41) is 0. The predicted molar refractivity (Wildman–Crippen MR) is 85.3 cm³/mol. The summed E-state index contributed by atoms with van der Waals surface area (Å²) in [7, 11) is 0. The van der Waals surface area contributed by atoms with E-state index in [-0.39, 0.29) is 0 Å². The molecule has 2 N–H and O–H groups in total. The van der Waals surface area contributed by atoms with Crippen molar-refractivity contribution in [2.24, 2.45) is 23.0 Å². The van der Waals surface area contributed by atoms with Crippen LogP contribution in [0.25, 0.3) is 0 Å². The van der Waals surface area contributed by atoms with Gasteiger partial charge in [0.15, 0.2) is 0 Å². The molecular formula is C17H36N2. The quantitative estimate of drug-likeness (QED) is 0.687. The van der Waals surface area contributed by atoms with Crippen molar-refractivity contribution in [2.45, 2.75) is 72.8 Å². The van der Waals surface area contributed by atoms with Crippen LogP contribution in [0.15, 0.2) is 0 Å². The molecule has 0 radical (unpaired) electrons. The Labute approximate surface area is 121 Å². The van der Waals surface area contributed by atoms with E-state index in [0.717, 1.165) is 18.4 Å². The average molecular weight is 268 g/mol. The molecule has 0 aromatic rings. The van der Waals surface area contributed by atoms with E-state index in [1.54, 1.807) is 0 Å². The number of rotatable bonds is 9. The first kappa shape index (κ1) is 17.0. The SMILES string of the molecule is CC(C)N(CCCC(CCN)C(C)(C)C)CC1CC1. The molecule has 0 aliphatic heterocycles. The summed E-state index contributed by atoms with van der Waals surface area (Å²) >= 11 is 0. The van der Waals surface area contributed by atoms with Gasteiger partial charge >= 0.3 is 0 Å². The van der Waals surface area contributed by atoms with Gasteiger partial charge in [0.05, 0.1) is 0 Å². The third kappa shape index (κ3) is 6.76. The van der Waals surface area contributed by atoms with Crippen LogP contribution >= 0.6 is 0 Å². The monoisotopic (exact) mass is 268 g/mol. The molecule has 0 aromatic carbocycles. The van der Waals surface area contributed by atoms with Crippen LogP contribution in [-0.2, 0) is 0 Å². The maximum absolute atomic E-state index is 5.77. The second-order valence-electron chi connectivity index (χ2n) is 7.81. The fourth-order valence-electron chi connectivity index (χ4n) is 2.94. The molecule has 1 atom stereocenters. The first-order chi connectivity index (χ1) is 8.84. The van der Waals surface area contributed by atoms with Crippen molar-refractivity contribution in [3.63, 3.8) is 0 Å². The van der Waals surface area contributed by atoms with Crippen LogP contribution < -0.4 is 5.73 Å². The standard InChI is InChI=1S/C17H36N2/c1-14(2)19(13-15-8-9-15)12-6-7-16(10-11-18)17(3,4)5/h14-16H,6-13,18H2,1-5H3. The van der Waals surface area contributed by atoms with Crippen LogP contribution in [0.1, 0.15) is 66.7 Å². The predicted octanol–water partition coefficient (Wildman–Crippen LogP) is 3.90. The van der Waals surface area contributed by atoms with Crippen LogP contribution in [0, 0.1) is 17.3 Å². The maximum atomic E-state index is 5.77. The number of hydrogen-bond acceptors (Lipinski definition) is 2. The summed E-state index contributed by atoms with van der Waals surface area (Å²) in [6.45, 7) is 15.2. The Balaban J connectivity index is 2.31. The summed E-state index contributed by atoms with van der Waals surface area (Å²) in [6, 6.07) is 0.697. The van der Waals surface area contributed by atoms with Gasteiger partial charge in [-0.15, -0.1) is 0 Å². The lowest BCUT2D eigenvalue weighted by Crippen LogP contribution is -2.34. The van der Waals surface area contributed by atoms with Crippen LogP contribution in [0.3, 0.4) is 0 Å². The van der Waals surface area contributed by atoms with Gasteiger partial charge in [0, 0.05) is 12.6 Å². The Morgan fingerprint density at radius 2 is 1.79 bits per heavy atom. The van der Waals surface area contributed by atoms with Gasteiger partial charge in [-0.05, 0) is 76.3 Å². The van der Waals surface area contributed by atoms with Crippen molar-refractivity contribution in [1.82, 2.24) is 4.90 Å². The molecule has 0 heterocycles. The summed E-state index contributed by atoms with van der Waals surface area (Å²) in [6.07, 6.45) is 6.75. The molecule has 114 valence electrons. The molecule has 0 amide bonds. The van der Waals surface area contributed by atoms with Gasteiger partial charge in [-0.3, -0.25) is 0 Å². The van der Waals surface area contributed by atoms with E-state index in [2.05, 4.69) is 39.5 Å². The molecule has 0 bridgehead atoms. The molecule has 1 aliphatic carbocycles. The van der Waals surface area contributed by atoms with Gasteiger partial charge in [0.1, 0.15) is 0 Å². The fraction of sp³-hybridized carbons (Fsp3) is 1.00. The molecule has 1 aliphatic rings. The molecular weight excluding hydrogens is 232 g/mol. The van der Waals surface area contributed by atoms with Crippen LogP contribution in [0.2, 0.25) is 0 Å². The highest BCUT2D eigenvalue weighted by Gasteiger charge is 2.26. The lowest BCUT2D eigenvalue weighted by molar-refractivity contribution is 0.174. The Morgan fingerprint density at radius 3 is 2.21 bits per heavy atom. The molecule has 0 aromatic heterocycles. The van der Waals surface area contributed by atoms with Crippen LogP contribution in [0.4, 0.5) is 0 Å². The van der Waals surface area contributed by atoms with Gasteiger partial charge in [0.2, 0.25) is 0 Å². The van der Waals surface area contributed by atoms with Crippen molar-refractivity contribution in [3.8, 4) is 0 Å². The van der Waals surface area contributed by atoms with E-state index in [1.165, 1.54) is 45.2 Å². The van der Waals surface area contributed by atoms with Crippen molar-refractivity contribution >= 4 is 0 Å². The smallest absolute Gasteiger partial charge is 0.00387 e. The minimum absolute atomic E-state index is 0.401. The third-order valence-electron chi connectivity index (χ3n) is 4.66. The van der Waals surface area contributed by atoms with Gasteiger partial charge in [-0.25, -0.2) is 0 Å². The molecule has 1 rings (SSSR count). The van der Waals surface area contributed by atoms with E-state index in [0.29, 0.717) is 11.5 Å². The minimum Gasteiger partial charge on any atom is -0.330 e. The lowest BCUT2D eigenvalue weighted by Gasteiger charge is -2.32. The molecule has 2 heteroatoms. The minimum atomic E-state index is 0.401. The first-order valence-corrected chi connectivity index (χ1v) is 8.28. The molecule has 2 nitrogen and oxygen atoms in total. The van der Waals surface area contributed by atoms with Crippen molar-refractivity contribution < 1.29 is 0 Å².